The molecule has 0 unspecified atom stereocenters. The third-order valence-corrected chi connectivity index (χ3v) is 4.40. The second kappa shape index (κ2) is 6.36. The van der Waals surface area contributed by atoms with Crippen LogP contribution in [0.15, 0.2) is 39.9 Å². The first kappa shape index (κ1) is 15.0. The largest absolute Gasteiger partial charge is 0.364 e. The molecule has 6 nitrogen and oxygen atoms in total. The van der Waals surface area contributed by atoms with E-state index in [0.717, 1.165) is 5.56 Å². The summed E-state index contributed by atoms with van der Waals surface area (Å²) in [7, 11) is -1.85. The molecule has 0 aliphatic carbocycles. The summed E-state index contributed by atoms with van der Waals surface area (Å²) in [5.74, 6) is 0. The van der Waals surface area contributed by atoms with Crippen molar-refractivity contribution < 1.29 is 12.9 Å². The van der Waals surface area contributed by atoms with Crippen molar-refractivity contribution in [3.63, 3.8) is 0 Å². The molecule has 0 atom stereocenters. The van der Waals surface area contributed by atoms with E-state index in [1.807, 2.05) is 0 Å². The van der Waals surface area contributed by atoms with E-state index in [2.05, 4.69) is 19.7 Å². The molecule has 0 bridgehead atoms. The summed E-state index contributed by atoms with van der Waals surface area (Å²) >= 11 is 6.01. The number of hydrogen-bond donors (Lipinski definition) is 2. The van der Waals surface area contributed by atoms with E-state index in [1.54, 1.807) is 25.2 Å². The molecule has 0 spiro atoms. The lowest BCUT2D eigenvalue weighted by Gasteiger charge is -2.09. The Bertz CT molecular complexity index is 671. The third-order valence-electron chi connectivity index (χ3n) is 2.63. The maximum Gasteiger partial charge on any atom is 0.240 e. The van der Waals surface area contributed by atoms with Gasteiger partial charge in [-0.15, -0.1) is 0 Å². The molecular weight excluding hydrogens is 302 g/mol. The monoisotopic (exact) mass is 315 g/mol. The summed E-state index contributed by atoms with van der Waals surface area (Å²) in [6.07, 6.45) is 1.39. The van der Waals surface area contributed by atoms with Crippen LogP contribution in [0.5, 0.6) is 0 Å². The van der Waals surface area contributed by atoms with Crippen LogP contribution in [0.2, 0.25) is 5.02 Å². The number of nitrogens with zero attached hydrogens (tertiary/aromatic N) is 1. The van der Waals surface area contributed by atoms with Gasteiger partial charge in [0.05, 0.1) is 17.1 Å². The Kier molecular flexibility index (Phi) is 4.77. The van der Waals surface area contributed by atoms with Crippen molar-refractivity contribution in [2.45, 2.75) is 18.0 Å². The van der Waals surface area contributed by atoms with Crippen LogP contribution in [0.25, 0.3) is 0 Å². The second-order valence-electron chi connectivity index (χ2n) is 4.10. The molecule has 0 fully saturated rings. The standard InChI is InChI=1S/C12H14ClN3O3S/c1-14-7-9-6-11(2-3-12(9)13)20(17,18)15-8-10-4-5-19-16-10/h2-6,14-15H,7-8H2,1H3. The first-order valence-corrected chi connectivity index (χ1v) is 7.71. The molecule has 1 heterocycles. The number of hydrogen-bond acceptors (Lipinski definition) is 5. The Hall–Kier alpha value is -1.41. The lowest BCUT2D eigenvalue weighted by molar-refractivity contribution is 0.411. The van der Waals surface area contributed by atoms with E-state index in [1.165, 1.54) is 12.3 Å². The normalized spacial score (nSPS) is 11.7. The fourth-order valence-electron chi connectivity index (χ4n) is 1.63. The summed E-state index contributed by atoms with van der Waals surface area (Å²) in [5, 5.41) is 7.10. The van der Waals surface area contributed by atoms with Gasteiger partial charge in [0.1, 0.15) is 6.26 Å². The average Bonchev–Trinajstić information content (AvgIpc) is 2.92. The Morgan fingerprint density at radius 2 is 2.10 bits per heavy atom. The van der Waals surface area contributed by atoms with Crippen LogP contribution in [0.1, 0.15) is 11.3 Å². The van der Waals surface area contributed by atoms with Gasteiger partial charge in [-0.25, -0.2) is 13.1 Å². The predicted molar refractivity (Wildman–Crippen MR) is 74.7 cm³/mol. The molecule has 2 aromatic rings. The van der Waals surface area contributed by atoms with Gasteiger partial charge in [0.25, 0.3) is 0 Å². The fourth-order valence-corrected chi connectivity index (χ4v) is 2.86. The molecule has 8 heteroatoms. The van der Waals surface area contributed by atoms with E-state index >= 15 is 0 Å². The minimum Gasteiger partial charge on any atom is -0.364 e. The van der Waals surface area contributed by atoms with Gasteiger partial charge in [-0.2, -0.15) is 0 Å². The van der Waals surface area contributed by atoms with Gasteiger partial charge < -0.3 is 9.84 Å². The van der Waals surface area contributed by atoms with E-state index in [0.29, 0.717) is 17.3 Å². The average molecular weight is 316 g/mol. The van der Waals surface area contributed by atoms with Crippen LogP contribution in [0, 0.1) is 0 Å². The summed E-state index contributed by atoms with van der Waals surface area (Å²) in [4.78, 5) is 0.163. The highest BCUT2D eigenvalue weighted by Crippen LogP contribution is 2.20. The molecule has 0 saturated heterocycles. The fraction of sp³-hybridized carbons (Fsp3) is 0.250. The van der Waals surface area contributed by atoms with Crippen LogP contribution in [-0.4, -0.2) is 20.6 Å². The molecule has 1 aromatic heterocycles. The number of rotatable bonds is 6. The predicted octanol–water partition coefficient (Wildman–Crippen LogP) is 1.53. The second-order valence-corrected chi connectivity index (χ2v) is 6.27. The van der Waals surface area contributed by atoms with Crippen molar-refractivity contribution >= 4 is 21.6 Å². The highest BCUT2D eigenvalue weighted by molar-refractivity contribution is 7.89. The molecule has 0 saturated carbocycles. The van der Waals surface area contributed by atoms with Gasteiger partial charge >= 0.3 is 0 Å². The van der Waals surface area contributed by atoms with Crippen LogP contribution >= 0.6 is 11.6 Å². The Labute approximate surface area is 122 Å². The van der Waals surface area contributed by atoms with E-state index < -0.39 is 10.0 Å². The first-order valence-electron chi connectivity index (χ1n) is 5.85. The topological polar surface area (TPSA) is 84.2 Å². The summed E-state index contributed by atoms with van der Waals surface area (Å²) < 4.78 is 31.4. The minimum atomic E-state index is -3.61. The highest BCUT2D eigenvalue weighted by Gasteiger charge is 2.16. The molecule has 108 valence electrons. The molecule has 2 N–H and O–H groups in total. The van der Waals surface area contributed by atoms with Crippen LogP contribution in [-0.2, 0) is 23.1 Å². The third kappa shape index (κ3) is 3.57. The number of halogens is 1. The van der Waals surface area contributed by atoms with Crippen LogP contribution < -0.4 is 10.0 Å². The van der Waals surface area contributed by atoms with Crippen molar-refractivity contribution in [3.05, 3.63) is 46.8 Å². The molecule has 20 heavy (non-hydrogen) atoms. The number of aromatic nitrogens is 1. The van der Waals surface area contributed by atoms with Crippen molar-refractivity contribution in [1.29, 1.82) is 0 Å². The zero-order valence-corrected chi connectivity index (χ0v) is 12.3. The lowest BCUT2D eigenvalue weighted by Crippen LogP contribution is -2.23. The molecular formula is C12H14ClN3O3S. The van der Waals surface area contributed by atoms with Gasteiger partial charge in [-0.1, -0.05) is 16.8 Å². The maximum absolute atomic E-state index is 12.2. The van der Waals surface area contributed by atoms with E-state index in [9.17, 15) is 8.42 Å². The van der Waals surface area contributed by atoms with Crippen molar-refractivity contribution in [1.82, 2.24) is 15.2 Å². The highest BCUT2D eigenvalue weighted by atomic mass is 35.5. The summed E-state index contributed by atoms with van der Waals surface area (Å²) in [6.45, 7) is 0.564. The number of nitrogens with one attached hydrogen (secondary N) is 2. The minimum absolute atomic E-state index is 0.0722. The van der Waals surface area contributed by atoms with Crippen molar-refractivity contribution in [3.8, 4) is 0 Å². The Balaban J connectivity index is 2.18. The van der Waals surface area contributed by atoms with Gasteiger partial charge in [0, 0.05) is 17.6 Å². The zero-order valence-electron chi connectivity index (χ0n) is 10.8. The van der Waals surface area contributed by atoms with E-state index in [-0.39, 0.29) is 11.4 Å². The molecule has 0 aliphatic heterocycles. The smallest absolute Gasteiger partial charge is 0.240 e. The summed E-state index contributed by atoms with van der Waals surface area (Å²) in [6, 6.07) is 6.17. The maximum atomic E-state index is 12.2. The van der Waals surface area contributed by atoms with Gasteiger partial charge in [0.15, 0.2) is 0 Å². The van der Waals surface area contributed by atoms with Gasteiger partial charge in [-0.3, -0.25) is 0 Å². The number of sulfonamides is 1. The van der Waals surface area contributed by atoms with Gasteiger partial charge in [0.2, 0.25) is 10.0 Å². The summed E-state index contributed by atoms with van der Waals surface area (Å²) in [5.41, 5.74) is 1.23. The van der Waals surface area contributed by atoms with Crippen molar-refractivity contribution in [2.75, 3.05) is 7.05 Å². The molecule has 2 rings (SSSR count). The lowest BCUT2D eigenvalue weighted by atomic mass is 10.2. The quantitative estimate of drug-likeness (QED) is 0.844. The molecule has 0 aliphatic rings. The Morgan fingerprint density at radius 3 is 2.75 bits per heavy atom. The Morgan fingerprint density at radius 1 is 1.30 bits per heavy atom. The first-order chi connectivity index (χ1) is 9.53. The van der Waals surface area contributed by atoms with Gasteiger partial charge in [-0.05, 0) is 30.8 Å². The molecule has 1 aromatic carbocycles. The SMILES string of the molecule is CNCc1cc(S(=O)(=O)NCc2ccon2)ccc1Cl. The molecule has 0 radical (unpaired) electrons. The molecule has 0 amide bonds. The van der Waals surface area contributed by atoms with E-state index in [4.69, 9.17) is 11.6 Å². The number of benzene rings is 1. The van der Waals surface area contributed by atoms with Crippen molar-refractivity contribution in [2.24, 2.45) is 0 Å². The van der Waals surface area contributed by atoms with Crippen LogP contribution in [0.3, 0.4) is 0 Å². The zero-order chi connectivity index (χ0) is 14.6. The van der Waals surface area contributed by atoms with Crippen LogP contribution in [0.4, 0.5) is 0 Å².